The second-order valence-corrected chi connectivity index (χ2v) is 4.72. The van der Waals surface area contributed by atoms with Crippen molar-refractivity contribution in [3.63, 3.8) is 0 Å². The molecule has 0 bridgehead atoms. The van der Waals surface area contributed by atoms with Gasteiger partial charge in [-0.1, -0.05) is 36.0 Å². The molecule has 18 heavy (non-hydrogen) atoms. The minimum atomic E-state index is -0.216. The third-order valence-electron chi connectivity index (χ3n) is 2.62. The monoisotopic (exact) mass is 278 g/mol. The number of nitrogens with zero attached hydrogens (tertiary/aromatic N) is 1. The van der Waals surface area contributed by atoms with E-state index in [0.717, 1.165) is 0 Å². The summed E-state index contributed by atoms with van der Waals surface area (Å²) in [6.07, 6.45) is 3.94. The van der Waals surface area contributed by atoms with E-state index in [1.54, 1.807) is 31.3 Å². The number of halogens is 1. The summed E-state index contributed by atoms with van der Waals surface area (Å²) in [6, 6.07) is 5.32. The molecule has 0 aromatic carbocycles. The summed E-state index contributed by atoms with van der Waals surface area (Å²) in [5.41, 5.74) is 1.26. The van der Waals surface area contributed by atoms with Gasteiger partial charge in [0.1, 0.15) is 5.82 Å². The van der Waals surface area contributed by atoms with E-state index in [2.05, 4.69) is 10.3 Å². The topological polar surface area (TPSA) is 42.0 Å². The second kappa shape index (κ2) is 5.42. The van der Waals surface area contributed by atoms with Crippen molar-refractivity contribution in [2.75, 3.05) is 5.32 Å². The molecule has 3 nitrogen and oxygen atoms in total. The predicted molar refractivity (Wildman–Crippen MR) is 76.7 cm³/mol. The number of anilines is 1. The number of rotatable bonds is 2. The highest BCUT2D eigenvalue weighted by molar-refractivity contribution is 7.81. The third-order valence-corrected chi connectivity index (χ3v) is 3.62. The molecule has 1 amide bonds. The van der Waals surface area contributed by atoms with E-state index in [-0.39, 0.29) is 5.91 Å². The number of allylic oxidation sites excluding steroid dienone is 2. The first-order chi connectivity index (χ1) is 8.59. The van der Waals surface area contributed by atoms with Gasteiger partial charge in [-0.05, 0) is 24.6 Å². The van der Waals surface area contributed by atoms with Gasteiger partial charge in [-0.3, -0.25) is 4.79 Å². The van der Waals surface area contributed by atoms with Crippen molar-refractivity contribution in [1.29, 1.82) is 0 Å². The quantitative estimate of drug-likeness (QED) is 0.845. The summed E-state index contributed by atoms with van der Waals surface area (Å²) >= 11 is 11.2. The van der Waals surface area contributed by atoms with Crippen molar-refractivity contribution >= 4 is 40.4 Å². The highest BCUT2D eigenvalue weighted by Gasteiger charge is 2.20. The van der Waals surface area contributed by atoms with Crippen LogP contribution >= 0.6 is 23.8 Å². The van der Waals surface area contributed by atoms with E-state index in [4.69, 9.17) is 23.8 Å². The Kier molecular flexibility index (Phi) is 3.89. The van der Waals surface area contributed by atoms with Crippen LogP contribution in [0.5, 0.6) is 0 Å². The minimum absolute atomic E-state index is 0.216. The molecule has 92 valence electrons. The molecule has 0 radical (unpaired) electrons. The molecule has 2 rings (SSSR count). The highest BCUT2D eigenvalue weighted by Crippen LogP contribution is 2.26. The number of thiocarbonyl (C=S) groups is 1. The van der Waals surface area contributed by atoms with Crippen LogP contribution in [0.2, 0.25) is 0 Å². The molecule has 1 N–H and O–H groups in total. The van der Waals surface area contributed by atoms with Crippen LogP contribution in [-0.4, -0.2) is 15.8 Å². The molecular formula is C13H11ClN2OS. The molecular weight excluding hydrogens is 268 g/mol. The van der Waals surface area contributed by atoms with E-state index in [9.17, 15) is 4.79 Å². The third kappa shape index (κ3) is 2.66. The molecule has 1 aromatic rings. The number of carbonyl (C=O) groups excluding carboxylic acids is 1. The first-order valence-electron chi connectivity index (χ1n) is 5.42. The number of amides is 1. The minimum Gasteiger partial charge on any atom is -0.307 e. The Morgan fingerprint density at radius 1 is 1.50 bits per heavy atom. The zero-order chi connectivity index (χ0) is 13.1. The largest absolute Gasteiger partial charge is 0.307 e. The molecule has 5 heteroatoms. The van der Waals surface area contributed by atoms with E-state index >= 15 is 0 Å². The van der Waals surface area contributed by atoms with Crippen molar-refractivity contribution in [2.24, 2.45) is 0 Å². The normalized spacial score (nSPS) is 15.4. The number of pyridine rings is 1. The summed E-state index contributed by atoms with van der Waals surface area (Å²) in [6.45, 7) is 1.79. The van der Waals surface area contributed by atoms with Gasteiger partial charge in [0.05, 0.1) is 5.03 Å². The van der Waals surface area contributed by atoms with Crippen LogP contribution in [-0.2, 0) is 4.79 Å². The SMILES string of the molecule is CC1=C(Cl)C(=S)CC=C1C(=O)Nc1ccccn1. The standard InChI is InChI=1S/C13H11ClN2OS/c1-8-9(5-6-10(18)12(8)14)13(17)16-11-4-2-3-7-15-11/h2-5,7H,6H2,1H3,(H,15,16,17). The van der Waals surface area contributed by atoms with Gasteiger partial charge in [-0.15, -0.1) is 0 Å². The Morgan fingerprint density at radius 2 is 2.28 bits per heavy atom. The average molecular weight is 279 g/mol. The molecule has 1 aliphatic carbocycles. The number of nitrogens with one attached hydrogen (secondary N) is 1. The van der Waals surface area contributed by atoms with Crippen molar-refractivity contribution in [3.05, 3.63) is 46.7 Å². The predicted octanol–water partition coefficient (Wildman–Crippen LogP) is 3.23. The fourth-order valence-corrected chi connectivity index (χ4v) is 2.06. The van der Waals surface area contributed by atoms with Gasteiger partial charge >= 0.3 is 0 Å². The molecule has 0 saturated carbocycles. The Bertz CT molecular complexity index is 564. The van der Waals surface area contributed by atoms with E-state index in [1.165, 1.54) is 0 Å². The molecule has 0 atom stereocenters. The van der Waals surface area contributed by atoms with Gasteiger partial charge in [0.15, 0.2) is 0 Å². The summed E-state index contributed by atoms with van der Waals surface area (Å²) in [7, 11) is 0. The van der Waals surface area contributed by atoms with Crippen LogP contribution in [0.1, 0.15) is 13.3 Å². The zero-order valence-corrected chi connectivity index (χ0v) is 11.3. The summed E-state index contributed by atoms with van der Waals surface area (Å²) in [5.74, 6) is 0.298. The van der Waals surface area contributed by atoms with E-state index in [1.807, 2.05) is 6.07 Å². The number of hydrogen-bond donors (Lipinski definition) is 1. The Balaban J connectivity index is 2.19. The molecule has 1 aromatic heterocycles. The average Bonchev–Trinajstić information content (AvgIpc) is 2.37. The maximum atomic E-state index is 12.1. The lowest BCUT2D eigenvalue weighted by Crippen LogP contribution is -2.19. The van der Waals surface area contributed by atoms with Crippen LogP contribution in [0.25, 0.3) is 0 Å². The van der Waals surface area contributed by atoms with Crippen molar-refractivity contribution in [1.82, 2.24) is 4.98 Å². The first kappa shape index (κ1) is 12.9. The fraction of sp³-hybridized carbons (Fsp3) is 0.154. The van der Waals surface area contributed by atoms with Crippen molar-refractivity contribution in [2.45, 2.75) is 13.3 Å². The van der Waals surface area contributed by atoms with Crippen LogP contribution in [0, 0.1) is 0 Å². The molecule has 0 aliphatic heterocycles. The van der Waals surface area contributed by atoms with Gasteiger partial charge in [0.2, 0.25) is 0 Å². The molecule has 0 fully saturated rings. The van der Waals surface area contributed by atoms with E-state index in [0.29, 0.717) is 33.3 Å². The lowest BCUT2D eigenvalue weighted by atomic mass is 9.98. The zero-order valence-electron chi connectivity index (χ0n) is 9.74. The smallest absolute Gasteiger partial charge is 0.256 e. The van der Waals surface area contributed by atoms with Gasteiger partial charge in [-0.25, -0.2) is 4.98 Å². The lowest BCUT2D eigenvalue weighted by molar-refractivity contribution is -0.112. The summed E-state index contributed by atoms with van der Waals surface area (Å²) < 4.78 is 0. The molecule has 0 unspecified atom stereocenters. The number of carbonyl (C=O) groups is 1. The van der Waals surface area contributed by atoms with Gasteiger partial charge in [0.25, 0.3) is 5.91 Å². The van der Waals surface area contributed by atoms with Crippen LogP contribution in [0.3, 0.4) is 0 Å². The fourth-order valence-electron chi connectivity index (χ4n) is 1.65. The van der Waals surface area contributed by atoms with Crippen LogP contribution in [0.15, 0.2) is 46.7 Å². The second-order valence-electron chi connectivity index (χ2n) is 3.85. The molecule has 0 saturated heterocycles. The molecule has 1 aliphatic rings. The van der Waals surface area contributed by atoms with Gasteiger partial charge in [0, 0.05) is 23.1 Å². The van der Waals surface area contributed by atoms with Crippen molar-refractivity contribution in [3.8, 4) is 0 Å². The Labute approximate surface area is 116 Å². The van der Waals surface area contributed by atoms with Crippen LogP contribution in [0.4, 0.5) is 5.82 Å². The Hall–Kier alpha value is -1.52. The Morgan fingerprint density at radius 3 is 2.94 bits per heavy atom. The maximum absolute atomic E-state index is 12.1. The maximum Gasteiger partial charge on any atom is 0.256 e. The number of hydrogen-bond acceptors (Lipinski definition) is 3. The van der Waals surface area contributed by atoms with E-state index < -0.39 is 0 Å². The van der Waals surface area contributed by atoms with Gasteiger partial charge < -0.3 is 5.32 Å². The van der Waals surface area contributed by atoms with Gasteiger partial charge in [-0.2, -0.15) is 0 Å². The number of aromatic nitrogens is 1. The summed E-state index contributed by atoms with van der Waals surface area (Å²) in [5, 5.41) is 3.22. The molecule has 0 spiro atoms. The first-order valence-corrected chi connectivity index (χ1v) is 6.20. The van der Waals surface area contributed by atoms with Crippen molar-refractivity contribution < 1.29 is 4.79 Å². The molecule has 1 heterocycles. The highest BCUT2D eigenvalue weighted by atomic mass is 35.5. The van der Waals surface area contributed by atoms with Crippen LogP contribution < -0.4 is 5.32 Å². The lowest BCUT2D eigenvalue weighted by Gasteiger charge is -2.15. The summed E-state index contributed by atoms with van der Waals surface area (Å²) in [4.78, 5) is 16.8.